The van der Waals surface area contributed by atoms with Crippen LogP contribution in [0, 0.1) is 23.5 Å². The molecule has 0 radical (unpaired) electrons. The molecule has 0 saturated heterocycles. The summed E-state index contributed by atoms with van der Waals surface area (Å²) in [6.45, 7) is 4.47. The topological polar surface area (TPSA) is 0 Å². The Morgan fingerprint density at radius 1 is 0.900 bits per heavy atom. The SMILES string of the molecule is CCCC1=CCC(c2ccc(C=CCCC3CCC(CCC)CC3)c(F)c2F)CC1. The quantitative estimate of drug-likeness (QED) is 0.353. The minimum Gasteiger partial charge on any atom is -0.203 e. The van der Waals surface area contributed by atoms with Gasteiger partial charge in [-0.1, -0.05) is 94.7 Å². The predicted octanol–water partition coefficient (Wildman–Crippen LogP) is 9.36. The van der Waals surface area contributed by atoms with Crippen molar-refractivity contribution in [2.45, 2.75) is 103 Å². The molecule has 0 N–H and O–H groups in total. The molecule has 0 bridgehead atoms. The van der Waals surface area contributed by atoms with Crippen LogP contribution in [0.25, 0.3) is 6.08 Å². The van der Waals surface area contributed by atoms with Gasteiger partial charge in [0, 0.05) is 5.56 Å². The van der Waals surface area contributed by atoms with Gasteiger partial charge in [-0.3, -0.25) is 0 Å². The van der Waals surface area contributed by atoms with E-state index in [2.05, 4.69) is 19.9 Å². The van der Waals surface area contributed by atoms with Gasteiger partial charge in [-0.2, -0.15) is 0 Å². The van der Waals surface area contributed by atoms with Crippen molar-refractivity contribution in [2.24, 2.45) is 11.8 Å². The van der Waals surface area contributed by atoms with Crippen molar-refractivity contribution in [1.29, 1.82) is 0 Å². The van der Waals surface area contributed by atoms with Gasteiger partial charge < -0.3 is 0 Å². The third-order valence-electron chi connectivity index (χ3n) is 7.36. The highest BCUT2D eigenvalue weighted by Crippen LogP contribution is 2.36. The molecule has 0 heterocycles. The van der Waals surface area contributed by atoms with Gasteiger partial charge in [0.2, 0.25) is 0 Å². The van der Waals surface area contributed by atoms with E-state index in [0.29, 0.717) is 11.1 Å². The van der Waals surface area contributed by atoms with E-state index >= 15 is 0 Å². The first-order valence-electron chi connectivity index (χ1n) is 12.4. The highest BCUT2D eigenvalue weighted by molar-refractivity contribution is 5.51. The molecule has 3 rings (SSSR count). The van der Waals surface area contributed by atoms with Gasteiger partial charge in [-0.15, -0.1) is 0 Å². The molecule has 0 spiro atoms. The lowest BCUT2D eigenvalue weighted by Crippen LogP contribution is -2.14. The van der Waals surface area contributed by atoms with E-state index in [4.69, 9.17) is 0 Å². The number of rotatable bonds is 9. The largest absolute Gasteiger partial charge is 0.203 e. The first-order valence-corrected chi connectivity index (χ1v) is 12.4. The Hall–Kier alpha value is -1.44. The molecule has 2 aliphatic carbocycles. The first-order chi connectivity index (χ1) is 14.6. The zero-order chi connectivity index (χ0) is 21.3. The standard InChI is InChI=1S/C28H40F2/c1-3-7-21-11-13-23(14-12-21)9-5-6-10-25-19-20-26(28(30)27(25)29)24-17-15-22(8-4-2)16-18-24/h6,10,15,19-21,23-24H,3-5,7-9,11-14,16-18H2,1-2H3. The highest BCUT2D eigenvalue weighted by Gasteiger charge is 2.22. The third-order valence-corrected chi connectivity index (χ3v) is 7.36. The Balaban J connectivity index is 1.51. The maximum absolute atomic E-state index is 14.8. The maximum atomic E-state index is 14.8. The van der Waals surface area contributed by atoms with Crippen molar-refractivity contribution in [2.75, 3.05) is 0 Å². The zero-order valence-electron chi connectivity index (χ0n) is 19.1. The molecule has 1 unspecified atom stereocenters. The van der Waals surface area contributed by atoms with Crippen molar-refractivity contribution < 1.29 is 8.78 Å². The predicted molar refractivity (Wildman–Crippen MR) is 125 cm³/mol. The van der Waals surface area contributed by atoms with Crippen LogP contribution in [-0.2, 0) is 0 Å². The molecule has 2 aliphatic rings. The summed E-state index contributed by atoms with van der Waals surface area (Å²) in [5.41, 5.74) is 2.43. The Bertz CT molecular complexity index is 722. The van der Waals surface area contributed by atoms with Crippen LogP contribution in [0.2, 0.25) is 0 Å². The van der Waals surface area contributed by atoms with Crippen LogP contribution in [0.5, 0.6) is 0 Å². The average molecular weight is 415 g/mol. The fourth-order valence-electron chi connectivity index (χ4n) is 5.50. The van der Waals surface area contributed by atoms with E-state index in [1.807, 2.05) is 12.1 Å². The van der Waals surface area contributed by atoms with Gasteiger partial charge >= 0.3 is 0 Å². The van der Waals surface area contributed by atoms with E-state index in [1.165, 1.54) is 50.5 Å². The van der Waals surface area contributed by atoms with Crippen LogP contribution < -0.4 is 0 Å². The molecule has 1 fully saturated rings. The van der Waals surface area contributed by atoms with Crippen molar-refractivity contribution in [3.63, 3.8) is 0 Å². The zero-order valence-corrected chi connectivity index (χ0v) is 19.1. The maximum Gasteiger partial charge on any atom is 0.166 e. The Morgan fingerprint density at radius 3 is 2.27 bits per heavy atom. The molecule has 1 saturated carbocycles. The van der Waals surface area contributed by atoms with Crippen molar-refractivity contribution in [3.05, 3.63) is 52.6 Å². The molecule has 1 aromatic rings. The lowest BCUT2D eigenvalue weighted by atomic mass is 9.78. The first kappa shape index (κ1) is 23.2. The van der Waals surface area contributed by atoms with Crippen LogP contribution in [-0.4, -0.2) is 0 Å². The van der Waals surface area contributed by atoms with Crippen LogP contribution in [0.1, 0.15) is 114 Å². The molecule has 166 valence electrons. The molecule has 2 heteroatoms. The Morgan fingerprint density at radius 2 is 1.63 bits per heavy atom. The van der Waals surface area contributed by atoms with E-state index in [-0.39, 0.29) is 5.92 Å². The van der Waals surface area contributed by atoms with Crippen molar-refractivity contribution in [1.82, 2.24) is 0 Å². The second-order valence-corrected chi connectivity index (χ2v) is 9.61. The number of hydrogen-bond donors (Lipinski definition) is 0. The highest BCUT2D eigenvalue weighted by atomic mass is 19.2. The fourth-order valence-corrected chi connectivity index (χ4v) is 5.50. The molecular weight excluding hydrogens is 374 g/mol. The van der Waals surface area contributed by atoms with Gasteiger partial charge in [-0.05, 0) is 61.8 Å². The van der Waals surface area contributed by atoms with Gasteiger partial charge in [-0.25, -0.2) is 8.78 Å². The van der Waals surface area contributed by atoms with E-state index in [9.17, 15) is 8.78 Å². The van der Waals surface area contributed by atoms with Gasteiger partial charge in [0.25, 0.3) is 0 Å². The summed E-state index contributed by atoms with van der Waals surface area (Å²) in [5.74, 6) is 0.552. The number of halogens is 2. The van der Waals surface area contributed by atoms with Crippen molar-refractivity contribution in [3.8, 4) is 0 Å². The summed E-state index contributed by atoms with van der Waals surface area (Å²) in [4.78, 5) is 0. The average Bonchev–Trinajstić information content (AvgIpc) is 2.76. The molecular formula is C28H40F2. The molecule has 0 amide bonds. The normalized spacial score (nSPS) is 24.9. The summed E-state index contributed by atoms with van der Waals surface area (Å²) in [6, 6.07) is 3.59. The summed E-state index contributed by atoms with van der Waals surface area (Å²) in [7, 11) is 0. The van der Waals surface area contributed by atoms with E-state index in [0.717, 1.165) is 50.4 Å². The molecule has 0 nitrogen and oxygen atoms in total. The number of allylic oxidation sites excluding steroid dienone is 3. The van der Waals surface area contributed by atoms with Gasteiger partial charge in [0.05, 0.1) is 0 Å². The molecule has 1 aromatic carbocycles. The smallest absolute Gasteiger partial charge is 0.166 e. The summed E-state index contributed by atoms with van der Waals surface area (Å²) < 4.78 is 29.4. The molecule has 0 aliphatic heterocycles. The minimum absolute atomic E-state index is 0.112. The lowest BCUT2D eigenvalue weighted by molar-refractivity contribution is 0.253. The molecule has 1 atom stereocenters. The number of hydrogen-bond acceptors (Lipinski definition) is 0. The Kier molecular flexibility index (Phi) is 9.15. The second-order valence-electron chi connectivity index (χ2n) is 9.61. The van der Waals surface area contributed by atoms with Crippen LogP contribution in [0.4, 0.5) is 8.78 Å². The van der Waals surface area contributed by atoms with Crippen LogP contribution in [0.15, 0.2) is 29.9 Å². The monoisotopic (exact) mass is 414 g/mol. The molecule has 30 heavy (non-hydrogen) atoms. The minimum atomic E-state index is -0.674. The number of benzene rings is 1. The van der Waals surface area contributed by atoms with Crippen LogP contribution >= 0.6 is 0 Å². The molecule has 0 aromatic heterocycles. The van der Waals surface area contributed by atoms with E-state index < -0.39 is 11.6 Å². The van der Waals surface area contributed by atoms with Crippen molar-refractivity contribution >= 4 is 6.08 Å². The van der Waals surface area contributed by atoms with E-state index in [1.54, 1.807) is 12.1 Å². The Labute approximate surface area is 182 Å². The third kappa shape index (κ3) is 6.28. The summed E-state index contributed by atoms with van der Waals surface area (Å²) in [5, 5.41) is 0. The summed E-state index contributed by atoms with van der Waals surface area (Å²) >= 11 is 0. The second kappa shape index (κ2) is 11.8. The van der Waals surface area contributed by atoms with Gasteiger partial charge in [0.1, 0.15) is 0 Å². The van der Waals surface area contributed by atoms with Gasteiger partial charge in [0.15, 0.2) is 11.6 Å². The fraction of sp³-hybridized carbons (Fsp3) is 0.643. The lowest BCUT2D eigenvalue weighted by Gasteiger charge is -2.28. The van der Waals surface area contributed by atoms with Crippen LogP contribution in [0.3, 0.4) is 0 Å². The summed E-state index contributed by atoms with van der Waals surface area (Å²) in [6.07, 6.45) is 21.4.